The van der Waals surface area contributed by atoms with E-state index >= 15 is 0 Å². The fourth-order valence-corrected chi connectivity index (χ4v) is 3.90. The van der Waals surface area contributed by atoms with Crippen LogP contribution in [-0.4, -0.2) is 57.5 Å². The molecule has 1 atom stereocenters. The SMILES string of the molecule is CN(C)C(=O)c1cnn2c(C3CCCN(Cc4ccc(F)cc4)C3)ccnc12. The van der Waals surface area contributed by atoms with Crippen LogP contribution < -0.4 is 0 Å². The van der Waals surface area contributed by atoms with Gasteiger partial charge < -0.3 is 4.90 Å². The molecule has 0 N–H and O–H groups in total. The van der Waals surface area contributed by atoms with Gasteiger partial charge in [0.1, 0.15) is 11.4 Å². The predicted molar refractivity (Wildman–Crippen MR) is 105 cm³/mol. The number of hydrogen-bond acceptors (Lipinski definition) is 4. The molecular formula is C21H24FN5O. The van der Waals surface area contributed by atoms with Gasteiger partial charge in [-0.2, -0.15) is 5.10 Å². The van der Waals surface area contributed by atoms with Gasteiger partial charge in [0.15, 0.2) is 5.65 Å². The number of rotatable bonds is 4. The summed E-state index contributed by atoms with van der Waals surface area (Å²) in [7, 11) is 3.45. The molecule has 7 heteroatoms. The highest BCUT2D eigenvalue weighted by atomic mass is 19.1. The quantitative estimate of drug-likeness (QED) is 0.697. The molecular weight excluding hydrogens is 357 g/mol. The predicted octanol–water partition coefficient (Wildman–Crippen LogP) is 2.95. The lowest BCUT2D eigenvalue weighted by Gasteiger charge is -2.33. The summed E-state index contributed by atoms with van der Waals surface area (Å²) in [6.07, 6.45) is 5.52. The molecule has 0 aliphatic carbocycles. The summed E-state index contributed by atoms with van der Waals surface area (Å²) >= 11 is 0. The fourth-order valence-electron chi connectivity index (χ4n) is 3.90. The topological polar surface area (TPSA) is 53.7 Å². The molecule has 2 aromatic heterocycles. The second-order valence-corrected chi connectivity index (χ2v) is 7.56. The van der Waals surface area contributed by atoms with Crippen LogP contribution in [-0.2, 0) is 6.54 Å². The van der Waals surface area contributed by atoms with Crippen molar-refractivity contribution in [1.29, 1.82) is 0 Å². The maximum absolute atomic E-state index is 13.1. The first kappa shape index (κ1) is 18.6. The Balaban J connectivity index is 1.57. The first-order valence-corrected chi connectivity index (χ1v) is 9.54. The molecule has 4 rings (SSSR count). The minimum Gasteiger partial charge on any atom is -0.345 e. The first-order valence-electron chi connectivity index (χ1n) is 9.54. The van der Waals surface area contributed by atoms with Gasteiger partial charge in [-0.05, 0) is 43.1 Å². The minimum atomic E-state index is -0.207. The number of carbonyl (C=O) groups is 1. The Bertz CT molecular complexity index is 982. The van der Waals surface area contributed by atoms with E-state index in [1.165, 1.54) is 17.0 Å². The van der Waals surface area contributed by atoms with Crippen molar-refractivity contribution >= 4 is 11.6 Å². The van der Waals surface area contributed by atoms with E-state index in [1.54, 1.807) is 26.5 Å². The molecule has 146 valence electrons. The minimum absolute atomic E-state index is 0.0961. The third-order valence-corrected chi connectivity index (χ3v) is 5.31. The summed E-state index contributed by atoms with van der Waals surface area (Å²) in [4.78, 5) is 20.7. The third kappa shape index (κ3) is 3.62. The summed E-state index contributed by atoms with van der Waals surface area (Å²) in [6, 6.07) is 8.70. The average molecular weight is 381 g/mol. The molecule has 1 aromatic carbocycles. The molecule has 0 bridgehead atoms. The normalized spacial score (nSPS) is 17.8. The van der Waals surface area contributed by atoms with Crippen molar-refractivity contribution < 1.29 is 9.18 Å². The van der Waals surface area contributed by atoms with E-state index < -0.39 is 0 Å². The highest BCUT2D eigenvalue weighted by Crippen LogP contribution is 2.28. The lowest BCUT2D eigenvalue weighted by molar-refractivity contribution is 0.0829. The van der Waals surface area contributed by atoms with Gasteiger partial charge in [-0.25, -0.2) is 13.9 Å². The number of fused-ring (bicyclic) bond motifs is 1. The standard InChI is InChI=1S/C21H24FN5O/c1-25(2)21(28)18-12-24-27-19(9-10-23-20(18)27)16-4-3-11-26(14-16)13-15-5-7-17(22)8-6-15/h5-10,12,16H,3-4,11,13-14H2,1-2H3. The molecule has 0 saturated carbocycles. The van der Waals surface area contributed by atoms with Crippen LogP contribution in [0.2, 0.25) is 0 Å². The highest BCUT2D eigenvalue weighted by molar-refractivity contribution is 5.99. The van der Waals surface area contributed by atoms with E-state index in [4.69, 9.17) is 0 Å². The average Bonchev–Trinajstić information content (AvgIpc) is 3.13. The van der Waals surface area contributed by atoms with Crippen molar-refractivity contribution in [3.8, 4) is 0 Å². The molecule has 1 amide bonds. The number of nitrogens with zero attached hydrogens (tertiary/aromatic N) is 5. The Morgan fingerprint density at radius 3 is 2.79 bits per heavy atom. The number of amides is 1. The molecule has 0 spiro atoms. The van der Waals surface area contributed by atoms with Gasteiger partial charge in [0.25, 0.3) is 5.91 Å². The van der Waals surface area contributed by atoms with E-state index in [0.29, 0.717) is 17.1 Å². The summed E-state index contributed by atoms with van der Waals surface area (Å²) in [6.45, 7) is 2.72. The van der Waals surface area contributed by atoms with Crippen molar-refractivity contribution in [3.63, 3.8) is 0 Å². The zero-order chi connectivity index (χ0) is 19.7. The molecule has 0 radical (unpaired) electrons. The third-order valence-electron chi connectivity index (χ3n) is 5.31. The molecule has 6 nitrogen and oxygen atoms in total. The van der Waals surface area contributed by atoms with Gasteiger partial charge in [0.2, 0.25) is 0 Å². The summed E-state index contributed by atoms with van der Waals surface area (Å²) < 4.78 is 15.0. The Kier molecular flexibility index (Phi) is 5.09. The smallest absolute Gasteiger partial charge is 0.258 e. The number of likely N-dealkylation sites (tertiary alicyclic amines) is 1. The monoisotopic (exact) mass is 381 g/mol. The molecule has 1 saturated heterocycles. The number of hydrogen-bond donors (Lipinski definition) is 0. The van der Waals surface area contributed by atoms with E-state index in [9.17, 15) is 9.18 Å². The van der Waals surface area contributed by atoms with E-state index in [0.717, 1.165) is 43.7 Å². The van der Waals surface area contributed by atoms with Crippen LogP contribution >= 0.6 is 0 Å². The largest absolute Gasteiger partial charge is 0.345 e. The van der Waals surface area contributed by atoms with Crippen LogP contribution in [0.4, 0.5) is 4.39 Å². The van der Waals surface area contributed by atoms with Crippen molar-refractivity contribution in [2.24, 2.45) is 0 Å². The molecule has 1 unspecified atom stereocenters. The Hall–Kier alpha value is -2.80. The molecule has 1 aliphatic rings. The maximum atomic E-state index is 13.1. The second-order valence-electron chi connectivity index (χ2n) is 7.56. The van der Waals surface area contributed by atoms with Crippen LogP contribution in [0.3, 0.4) is 0 Å². The van der Waals surface area contributed by atoms with Gasteiger partial charge in [-0.3, -0.25) is 9.69 Å². The zero-order valence-corrected chi connectivity index (χ0v) is 16.2. The van der Waals surface area contributed by atoms with Crippen LogP contribution in [0.25, 0.3) is 5.65 Å². The van der Waals surface area contributed by atoms with Crippen molar-refractivity contribution in [2.45, 2.75) is 25.3 Å². The second kappa shape index (κ2) is 7.67. The molecule has 1 aliphatic heterocycles. The van der Waals surface area contributed by atoms with E-state index in [-0.39, 0.29) is 11.7 Å². The summed E-state index contributed by atoms with van der Waals surface area (Å²) in [5, 5.41) is 4.46. The maximum Gasteiger partial charge on any atom is 0.258 e. The Labute approximate surface area is 163 Å². The highest BCUT2D eigenvalue weighted by Gasteiger charge is 2.25. The van der Waals surface area contributed by atoms with Crippen molar-refractivity contribution in [2.75, 3.05) is 27.2 Å². The Morgan fingerprint density at radius 2 is 2.04 bits per heavy atom. The molecule has 3 heterocycles. The number of carbonyl (C=O) groups excluding carboxylic acids is 1. The summed E-state index contributed by atoms with van der Waals surface area (Å²) in [5.41, 5.74) is 3.31. The Morgan fingerprint density at radius 1 is 1.25 bits per heavy atom. The van der Waals surface area contributed by atoms with Gasteiger partial charge in [0.05, 0.1) is 11.9 Å². The number of piperidine rings is 1. The van der Waals surface area contributed by atoms with E-state index in [1.807, 2.05) is 22.7 Å². The fraction of sp³-hybridized carbons (Fsp3) is 0.381. The van der Waals surface area contributed by atoms with Crippen LogP contribution in [0.15, 0.2) is 42.7 Å². The van der Waals surface area contributed by atoms with Crippen LogP contribution in [0.1, 0.15) is 40.4 Å². The number of halogens is 1. The van der Waals surface area contributed by atoms with E-state index in [2.05, 4.69) is 15.0 Å². The van der Waals surface area contributed by atoms with Gasteiger partial charge in [-0.15, -0.1) is 0 Å². The van der Waals surface area contributed by atoms with Crippen molar-refractivity contribution in [3.05, 3.63) is 65.4 Å². The zero-order valence-electron chi connectivity index (χ0n) is 16.2. The van der Waals surface area contributed by atoms with Crippen LogP contribution in [0.5, 0.6) is 0 Å². The van der Waals surface area contributed by atoms with Gasteiger partial charge in [0, 0.05) is 39.3 Å². The van der Waals surface area contributed by atoms with Gasteiger partial charge >= 0.3 is 0 Å². The molecule has 28 heavy (non-hydrogen) atoms. The summed E-state index contributed by atoms with van der Waals surface area (Å²) in [5.74, 6) is 0.00402. The van der Waals surface area contributed by atoms with Crippen LogP contribution in [0, 0.1) is 5.82 Å². The van der Waals surface area contributed by atoms with Crippen molar-refractivity contribution in [1.82, 2.24) is 24.4 Å². The number of benzene rings is 1. The number of aromatic nitrogens is 3. The lowest BCUT2D eigenvalue weighted by atomic mass is 9.94. The lowest BCUT2D eigenvalue weighted by Crippen LogP contribution is -2.34. The first-order chi connectivity index (χ1) is 13.5. The van der Waals surface area contributed by atoms with Gasteiger partial charge in [-0.1, -0.05) is 12.1 Å². The molecule has 3 aromatic rings. The molecule has 1 fully saturated rings.